The number of nitrogens with zero attached hydrogens (tertiary/aromatic N) is 1. The van der Waals surface area contributed by atoms with Crippen molar-refractivity contribution in [3.8, 4) is 0 Å². The van der Waals surface area contributed by atoms with Gasteiger partial charge in [-0.1, -0.05) is 26.2 Å². The maximum absolute atomic E-state index is 12.6. The molecular weight excluding hydrogens is 212 g/mol. The topological polar surface area (TPSA) is 46.3 Å². The standard InChI is InChI=1S/C14H26N2O/c1-14(7-3-2-4-8-14)13(17)16-9-5-12(11-15)6-10-16/h12H,2-11,15H2,1H3. The molecule has 0 unspecified atom stereocenters. The van der Waals surface area contributed by atoms with Crippen molar-refractivity contribution in [3.05, 3.63) is 0 Å². The Hall–Kier alpha value is -0.570. The summed E-state index contributed by atoms with van der Waals surface area (Å²) < 4.78 is 0. The Balaban J connectivity index is 1.91. The third-order valence-electron chi connectivity index (χ3n) is 4.71. The Bertz CT molecular complexity index is 263. The van der Waals surface area contributed by atoms with E-state index in [9.17, 15) is 4.79 Å². The third-order valence-corrected chi connectivity index (χ3v) is 4.71. The van der Waals surface area contributed by atoms with Crippen LogP contribution >= 0.6 is 0 Å². The maximum atomic E-state index is 12.6. The molecule has 17 heavy (non-hydrogen) atoms. The monoisotopic (exact) mass is 238 g/mol. The summed E-state index contributed by atoms with van der Waals surface area (Å²) in [4.78, 5) is 14.7. The van der Waals surface area contributed by atoms with Crippen LogP contribution in [0.4, 0.5) is 0 Å². The van der Waals surface area contributed by atoms with Gasteiger partial charge in [0.25, 0.3) is 0 Å². The van der Waals surface area contributed by atoms with E-state index in [0.717, 1.165) is 45.3 Å². The highest BCUT2D eigenvalue weighted by Gasteiger charge is 2.38. The molecule has 2 aliphatic rings. The molecule has 1 amide bonds. The molecule has 1 saturated carbocycles. The van der Waals surface area contributed by atoms with Crippen LogP contribution in [0, 0.1) is 11.3 Å². The Morgan fingerprint density at radius 3 is 2.35 bits per heavy atom. The SMILES string of the molecule is CC1(C(=O)N2CCC(CN)CC2)CCCCC1. The van der Waals surface area contributed by atoms with Gasteiger partial charge in [-0.25, -0.2) is 0 Å². The van der Waals surface area contributed by atoms with Crippen LogP contribution in [0.15, 0.2) is 0 Å². The first kappa shape index (κ1) is 12.9. The molecule has 1 aliphatic carbocycles. The van der Waals surface area contributed by atoms with E-state index in [-0.39, 0.29) is 5.41 Å². The lowest BCUT2D eigenvalue weighted by Gasteiger charge is -2.40. The normalized spacial score (nSPS) is 25.9. The first-order chi connectivity index (χ1) is 8.15. The molecule has 3 nitrogen and oxygen atoms in total. The van der Waals surface area contributed by atoms with Gasteiger partial charge in [0.15, 0.2) is 0 Å². The second-order valence-electron chi connectivity index (χ2n) is 6.09. The fraction of sp³-hybridized carbons (Fsp3) is 0.929. The van der Waals surface area contributed by atoms with Crippen molar-refractivity contribution in [2.45, 2.75) is 51.9 Å². The molecule has 0 atom stereocenters. The number of carbonyl (C=O) groups is 1. The highest BCUT2D eigenvalue weighted by molar-refractivity contribution is 5.82. The number of hydrogen-bond donors (Lipinski definition) is 1. The number of hydrogen-bond acceptors (Lipinski definition) is 2. The molecule has 2 fully saturated rings. The lowest BCUT2D eigenvalue weighted by Crippen LogP contribution is -2.47. The molecule has 0 aromatic rings. The number of rotatable bonds is 2. The zero-order chi connectivity index (χ0) is 12.3. The minimum absolute atomic E-state index is 0.0617. The second-order valence-corrected chi connectivity index (χ2v) is 6.09. The average molecular weight is 238 g/mol. The van der Waals surface area contributed by atoms with E-state index in [1.54, 1.807) is 0 Å². The summed E-state index contributed by atoms with van der Waals surface area (Å²) >= 11 is 0. The minimum Gasteiger partial charge on any atom is -0.342 e. The van der Waals surface area contributed by atoms with Gasteiger partial charge in [0.2, 0.25) is 5.91 Å². The van der Waals surface area contributed by atoms with Crippen molar-refractivity contribution in [2.75, 3.05) is 19.6 Å². The molecule has 2 N–H and O–H groups in total. The molecule has 0 bridgehead atoms. The number of nitrogens with two attached hydrogens (primary N) is 1. The molecule has 98 valence electrons. The summed E-state index contributed by atoms with van der Waals surface area (Å²) in [5.74, 6) is 1.05. The van der Waals surface area contributed by atoms with Crippen LogP contribution in [-0.4, -0.2) is 30.4 Å². The molecule has 2 rings (SSSR count). The molecule has 0 spiro atoms. The molecule has 0 radical (unpaired) electrons. The van der Waals surface area contributed by atoms with Gasteiger partial charge in [0.05, 0.1) is 0 Å². The Morgan fingerprint density at radius 2 is 1.82 bits per heavy atom. The van der Waals surface area contributed by atoms with Crippen molar-refractivity contribution in [1.82, 2.24) is 4.90 Å². The summed E-state index contributed by atoms with van der Waals surface area (Å²) in [5, 5.41) is 0. The smallest absolute Gasteiger partial charge is 0.228 e. The highest BCUT2D eigenvalue weighted by Crippen LogP contribution is 2.38. The summed E-state index contributed by atoms with van der Waals surface area (Å²) in [7, 11) is 0. The van der Waals surface area contributed by atoms with Gasteiger partial charge < -0.3 is 10.6 Å². The van der Waals surface area contributed by atoms with Crippen LogP contribution in [0.1, 0.15) is 51.9 Å². The predicted octanol–water partition coefficient (Wildman–Crippen LogP) is 2.15. The molecule has 0 aromatic heterocycles. The summed E-state index contributed by atoms with van der Waals surface area (Å²) in [6.07, 6.45) is 8.11. The van der Waals surface area contributed by atoms with Crippen molar-refractivity contribution in [2.24, 2.45) is 17.1 Å². The summed E-state index contributed by atoms with van der Waals surface area (Å²) in [6.45, 7) is 4.80. The fourth-order valence-electron chi connectivity index (χ4n) is 3.30. The van der Waals surface area contributed by atoms with E-state index in [2.05, 4.69) is 11.8 Å². The second kappa shape index (κ2) is 5.38. The van der Waals surface area contributed by atoms with Gasteiger partial charge in [-0.3, -0.25) is 4.79 Å². The molecule has 1 heterocycles. The predicted molar refractivity (Wildman–Crippen MR) is 69.6 cm³/mol. The van der Waals surface area contributed by atoms with Crippen LogP contribution in [0.5, 0.6) is 0 Å². The van der Waals surface area contributed by atoms with Crippen molar-refractivity contribution in [1.29, 1.82) is 0 Å². The van der Waals surface area contributed by atoms with Crippen LogP contribution in [0.25, 0.3) is 0 Å². The zero-order valence-corrected chi connectivity index (χ0v) is 11.1. The summed E-state index contributed by atoms with van der Waals surface area (Å²) in [6, 6.07) is 0. The Morgan fingerprint density at radius 1 is 1.24 bits per heavy atom. The van der Waals surface area contributed by atoms with Gasteiger partial charge in [0, 0.05) is 18.5 Å². The van der Waals surface area contributed by atoms with E-state index in [1.807, 2.05) is 0 Å². The first-order valence-corrected chi connectivity index (χ1v) is 7.15. The van der Waals surface area contributed by atoms with Gasteiger partial charge in [-0.15, -0.1) is 0 Å². The number of piperidine rings is 1. The summed E-state index contributed by atoms with van der Waals surface area (Å²) in [5.41, 5.74) is 5.63. The van der Waals surface area contributed by atoms with Crippen LogP contribution < -0.4 is 5.73 Å². The molecule has 0 aromatic carbocycles. The van der Waals surface area contributed by atoms with Gasteiger partial charge in [-0.2, -0.15) is 0 Å². The quantitative estimate of drug-likeness (QED) is 0.801. The van der Waals surface area contributed by atoms with E-state index in [1.165, 1.54) is 19.3 Å². The minimum atomic E-state index is -0.0617. The Kier molecular flexibility index (Phi) is 4.08. The van der Waals surface area contributed by atoms with E-state index in [4.69, 9.17) is 5.73 Å². The number of carbonyl (C=O) groups excluding carboxylic acids is 1. The van der Waals surface area contributed by atoms with Crippen molar-refractivity contribution < 1.29 is 4.79 Å². The van der Waals surface area contributed by atoms with Crippen molar-refractivity contribution in [3.63, 3.8) is 0 Å². The molecule has 3 heteroatoms. The van der Waals surface area contributed by atoms with Crippen LogP contribution in [-0.2, 0) is 4.79 Å². The van der Waals surface area contributed by atoms with Crippen LogP contribution in [0.2, 0.25) is 0 Å². The molecule has 1 saturated heterocycles. The lowest BCUT2D eigenvalue weighted by atomic mass is 9.74. The van der Waals surface area contributed by atoms with Gasteiger partial charge in [0.1, 0.15) is 0 Å². The third kappa shape index (κ3) is 2.82. The van der Waals surface area contributed by atoms with E-state index in [0.29, 0.717) is 11.8 Å². The molecular formula is C14H26N2O. The van der Waals surface area contributed by atoms with Crippen LogP contribution in [0.3, 0.4) is 0 Å². The highest BCUT2D eigenvalue weighted by atomic mass is 16.2. The van der Waals surface area contributed by atoms with Crippen molar-refractivity contribution >= 4 is 5.91 Å². The number of likely N-dealkylation sites (tertiary alicyclic amines) is 1. The van der Waals surface area contributed by atoms with E-state index < -0.39 is 0 Å². The number of amides is 1. The first-order valence-electron chi connectivity index (χ1n) is 7.15. The maximum Gasteiger partial charge on any atom is 0.228 e. The van der Waals surface area contributed by atoms with Gasteiger partial charge in [-0.05, 0) is 38.1 Å². The average Bonchev–Trinajstić information content (AvgIpc) is 2.39. The van der Waals surface area contributed by atoms with Gasteiger partial charge >= 0.3 is 0 Å². The van der Waals surface area contributed by atoms with E-state index >= 15 is 0 Å². The largest absolute Gasteiger partial charge is 0.342 e. The lowest BCUT2D eigenvalue weighted by molar-refractivity contribution is -0.144. The zero-order valence-electron chi connectivity index (χ0n) is 11.1. The molecule has 1 aliphatic heterocycles. The Labute approximate surface area is 105 Å². The fourth-order valence-corrected chi connectivity index (χ4v) is 3.30.